The summed E-state index contributed by atoms with van der Waals surface area (Å²) in [6.45, 7) is 13.2. The van der Waals surface area contributed by atoms with Gasteiger partial charge in [0.2, 0.25) is 23.6 Å². The molecule has 0 bridgehead atoms. The van der Waals surface area contributed by atoms with Crippen molar-refractivity contribution in [3.05, 3.63) is 0 Å². The van der Waals surface area contributed by atoms with Gasteiger partial charge in [-0.2, -0.15) is 0 Å². The molecule has 1 rings (SSSR count). The molecule has 46 heavy (non-hydrogen) atoms. The van der Waals surface area contributed by atoms with Gasteiger partial charge in [0.1, 0.15) is 24.2 Å². The van der Waals surface area contributed by atoms with Crippen LogP contribution in [0.2, 0.25) is 0 Å². The Bertz CT molecular complexity index is 1040. The average Bonchev–Trinajstić information content (AvgIpc) is 3.01. The molecular weight excluding hydrogens is 594 g/mol. The summed E-state index contributed by atoms with van der Waals surface area (Å²) in [6, 6.07) is -4.49. The highest BCUT2D eigenvalue weighted by Gasteiger charge is 2.39. The standard InChI is InChI=1S/C33H59N5O8/c1-10-12-13-14-15-16-25-22(8)32(44)38(9)28(21(7)11-2)31(43)37-27(20(5)6)30(42)35-23(18-39)29(41)36-26(19(3)4)24(40)17-34-33(45)46-25/h19-23,25-28,39H,10-18H2,1-9H3,(H,34,45)(H,35,42)(H,36,41)(H,37,43)/t21-,22+,23-,25+,26-,27-,28+/m1/s1. The van der Waals surface area contributed by atoms with E-state index in [9.17, 15) is 33.9 Å². The van der Waals surface area contributed by atoms with Crippen molar-refractivity contribution in [1.29, 1.82) is 0 Å². The Balaban J connectivity index is 3.58. The van der Waals surface area contributed by atoms with Crippen molar-refractivity contribution in [2.24, 2.45) is 23.7 Å². The van der Waals surface area contributed by atoms with E-state index in [-0.39, 0.29) is 11.8 Å². The summed E-state index contributed by atoms with van der Waals surface area (Å²) in [7, 11) is 1.53. The number of cyclic esters (lactones) is 1. The molecule has 1 heterocycles. The minimum atomic E-state index is -1.41. The molecule has 0 aromatic carbocycles. The maximum Gasteiger partial charge on any atom is 0.407 e. The second-order valence-electron chi connectivity index (χ2n) is 13.2. The van der Waals surface area contributed by atoms with Crippen LogP contribution in [0.5, 0.6) is 0 Å². The highest BCUT2D eigenvalue weighted by Crippen LogP contribution is 2.23. The van der Waals surface area contributed by atoms with Gasteiger partial charge >= 0.3 is 6.09 Å². The Hall–Kier alpha value is -3.22. The summed E-state index contributed by atoms with van der Waals surface area (Å²) in [5, 5.41) is 20.3. The van der Waals surface area contributed by atoms with Crippen LogP contribution in [0, 0.1) is 23.7 Å². The number of hydrogen-bond acceptors (Lipinski definition) is 8. The van der Waals surface area contributed by atoms with Crippen molar-refractivity contribution in [1.82, 2.24) is 26.2 Å². The van der Waals surface area contributed by atoms with Crippen LogP contribution in [-0.4, -0.2) is 96.0 Å². The molecule has 7 atom stereocenters. The lowest BCUT2D eigenvalue weighted by molar-refractivity contribution is -0.147. The summed E-state index contributed by atoms with van der Waals surface area (Å²) in [6.07, 6.45) is 4.01. The monoisotopic (exact) mass is 653 g/mol. The van der Waals surface area contributed by atoms with Gasteiger partial charge in [-0.25, -0.2) is 4.79 Å². The van der Waals surface area contributed by atoms with Crippen LogP contribution < -0.4 is 21.3 Å². The number of aliphatic hydroxyl groups is 1. The number of nitrogens with zero attached hydrogens (tertiary/aromatic N) is 1. The lowest BCUT2D eigenvalue weighted by atomic mass is 9.92. The Morgan fingerprint density at radius 3 is 1.96 bits per heavy atom. The molecule has 13 heteroatoms. The molecule has 0 unspecified atom stereocenters. The zero-order valence-corrected chi connectivity index (χ0v) is 29.3. The Morgan fingerprint density at radius 1 is 0.826 bits per heavy atom. The summed E-state index contributed by atoms with van der Waals surface area (Å²) >= 11 is 0. The van der Waals surface area contributed by atoms with E-state index in [1.807, 2.05) is 13.8 Å². The fourth-order valence-electron chi connectivity index (χ4n) is 5.57. The van der Waals surface area contributed by atoms with Gasteiger partial charge in [-0.1, -0.05) is 87.5 Å². The van der Waals surface area contributed by atoms with Gasteiger partial charge in [0, 0.05) is 7.05 Å². The summed E-state index contributed by atoms with van der Waals surface area (Å²) < 4.78 is 5.74. The molecule has 0 radical (unpaired) electrons. The molecule has 1 aliphatic rings. The van der Waals surface area contributed by atoms with E-state index < -0.39 is 90.8 Å². The molecule has 1 fully saturated rings. The first-order chi connectivity index (χ1) is 21.6. The fraction of sp³-hybridized carbons (Fsp3) is 0.818. The number of alkyl carbamates (subject to hydrolysis) is 1. The smallest absolute Gasteiger partial charge is 0.407 e. The SMILES string of the molecule is CCCCCCC[C@@H]1OC(=O)NCC(=O)[C@@H](C(C)C)NC(=O)[C@@H](CO)NC(=O)[C@@H](C(C)C)NC(=O)[C@H]([C@H](C)CC)N(C)C(=O)[C@H]1C. The van der Waals surface area contributed by atoms with E-state index in [1.54, 1.807) is 34.6 Å². The van der Waals surface area contributed by atoms with Crippen LogP contribution in [0.1, 0.15) is 100 Å². The van der Waals surface area contributed by atoms with E-state index in [1.165, 1.54) is 11.9 Å². The zero-order valence-electron chi connectivity index (χ0n) is 29.3. The number of ketones is 1. The molecule has 5 amide bonds. The maximum atomic E-state index is 13.9. The third-order valence-corrected chi connectivity index (χ3v) is 8.79. The number of Topliss-reactive ketones (excluding diaryl/α,β-unsaturated/α-hetero) is 1. The molecule has 0 spiro atoms. The van der Waals surface area contributed by atoms with E-state index in [4.69, 9.17) is 4.74 Å². The maximum absolute atomic E-state index is 13.9. The van der Waals surface area contributed by atoms with Gasteiger partial charge in [0.05, 0.1) is 25.1 Å². The number of carbonyl (C=O) groups excluding carboxylic acids is 6. The van der Waals surface area contributed by atoms with Crippen molar-refractivity contribution in [2.75, 3.05) is 20.2 Å². The van der Waals surface area contributed by atoms with Crippen LogP contribution >= 0.6 is 0 Å². The van der Waals surface area contributed by atoms with Crippen molar-refractivity contribution in [3.63, 3.8) is 0 Å². The van der Waals surface area contributed by atoms with Crippen LogP contribution in [0.3, 0.4) is 0 Å². The third kappa shape index (κ3) is 12.2. The molecular formula is C33H59N5O8. The zero-order chi connectivity index (χ0) is 35.1. The van der Waals surface area contributed by atoms with Crippen LogP contribution in [-0.2, 0) is 28.7 Å². The summed E-state index contributed by atoms with van der Waals surface area (Å²) in [5.74, 6) is -4.85. The highest BCUT2D eigenvalue weighted by molar-refractivity contribution is 5.97. The number of ether oxygens (including phenoxy) is 1. The first-order valence-corrected chi connectivity index (χ1v) is 16.9. The summed E-state index contributed by atoms with van der Waals surface area (Å²) in [4.78, 5) is 81.6. The molecule has 0 aromatic rings. The van der Waals surface area contributed by atoms with Gasteiger partial charge in [0.25, 0.3) is 0 Å². The van der Waals surface area contributed by atoms with Crippen LogP contribution in [0.25, 0.3) is 0 Å². The van der Waals surface area contributed by atoms with E-state index in [0.29, 0.717) is 19.3 Å². The molecule has 1 saturated heterocycles. The molecule has 0 aliphatic carbocycles. The first kappa shape index (κ1) is 40.8. The van der Waals surface area contributed by atoms with Gasteiger partial charge in [-0.3, -0.25) is 24.0 Å². The second-order valence-corrected chi connectivity index (χ2v) is 13.2. The Labute approximate surface area is 274 Å². The quantitative estimate of drug-likeness (QED) is 0.211. The Morgan fingerprint density at radius 2 is 1.41 bits per heavy atom. The molecule has 0 saturated carbocycles. The molecule has 264 valence electrons. The van der Waals surface area contributed by atoms with Gasteiger partial charge < -0.3 is 36.0 Å². The van der Waals surface area contributed by atoms with Crippen molar-refractivity contribution in [3.8, 4) is 0 Å². The number of nitrogens with one attached hydrogen (secondary N) is 4. The van der Waals surface area contributed by atoms with Crippen molar-refractivity contribution < 1.29 is 38.6 Å². The van der Waals surface area contributed by atoms with Crippen LogP contribution in [0.4, 0.5) is 4.79 Å². The van der Waals surface area contributed by atoms with Crippen LogP contribution in [0.15, 0.2) is 0 Å². The number of rotatable bonds is 11. The minimum Gasteiger partial charge on any atom is -0.445 e. The topological polar surface area (TPSA) is 183 Å². The van der Waals surface area contributed by atoms with E-state index in [2.05, 4.69) is 28.2 Å². The van der Waals surface area contributed by atoms with Gasteiger partial charge in [-0.05, 0) is 30.6 Å². The van der Waals surface area contributed by atoms with Crippen molar-refractivity contribution >= 4 is 35.5 Å². The van der Waals surface area contributed by atoms with E-state index >= 15 is 0 Å². The second kappa shape index (κ2) is 20.1. The number of amides is 5. The fourth-order valence-corrected chi connectivity index (χ4v) is 5.57. The lowest BCUT2D eigenvalue weighted by Crippen LogP contribution is -2.61. The number of likely N-dealkylation sites (N-methyl/N-ethyl adjacent to an activating group) is 1. The summed E-state index contributed by atoms with van der Waals surface area (Å²) in [5.41, 5.74) is 0. The minimum absolute atomic E-state index is 0.294. The Kier molecular flexibility index (Phi) is 17.8. The highest BCUT2D eigenvalue weighted by atomic mass is 16.6. The molecule has 5 N–H and O–H groups in total. The normalized spacial score (nSPS) is 27.2. The number of carbonyl (C=O) groups is 6. The van der Waals surface area contributed by atoms with Crippen molar-refractivity contribution in [2.45, 2.75) is 131 Å². The number of aliphatic hydroxyl groups excluding tert-OH is 1. The molecule has 1 aliphatic heterocycles. The average molecular weight is 654 g/mol. The predicted molar refractivity (Wildman–Crippen MR) is 174 cm³/mol. The largest absolute Gasteiger partial charge is 0.445 e. The third-order valence-electron chi connectivity index (χ3n) is 8.79. The van der Waals surface area contributed by atoms with Gasteiger partial charge in [0.15, 0.2) is 5.78 Å². The van der Waals surface area contributed by atoms with Gasteiger partial charge in [-0.15, -0.1) is 0 Å². The van der Waals surface area contributed by atoms with E-state index in [0.717, 1.165) is 25.7 Å². The first-order valence-electron chi connectivity index (χ1n) is 16.9. The number of unbranched alkanes of at least 4 members (excludes halogenated alkanes) is 4. The lowest BCUT2D eigenvalue weighted by Gasteiger charge is -2.36. The molecule has 13 nitrogen and oxygen atoms in total. The number of hydrogen-bond donors (Lipinski definition) is 5. The predicted octanol–water partition coefficient (Wildman–Crippen LogP) is 2.29. The molecule has 0 aromatic heterocycles.